The van der Waals surface area contributed by atoms with E-state index in [0.717, 1.165) is 0 Å². The van der Waals surface area contributed by atoms with E-state index in [1.54, 1.807) is 60.5 Å². The van der Waals surface area contributed by atoms with Gasteiger partial charge in [-0.1, -0.05) is 23.7 Å². The summed E-state index contributed by atoms with van der Waals surface area (Å²) in [5.74, 6) is 0.212. The van der Waals surface area contributed by atoms with Crippen molar-refractivity contribution in [1.82, 2.24) is 4.72 Å². The number of halogens is 1. The number of methoxy groups -OCH3 is 1. The average Bonchev–Trinajstić information content (AvgIpc) is 2.94. The number of benzene rings is 2. The van der Waals surface area contributed by atoms with E-state index >= 15 is 0 Å². The van der Waals surface area contributed by atoms with Crippen molar-refractivity contribution in [3.8, 4) is 5.75 Å². The number of ether oxygens (including phenoxy) is 1. The molecule has 1 aliphatic heterocycles. The molecule has 2 aromatic carbocycles. The van der Waals surface area contributed by atoms with Gasteiger partial charge in [0, 0.05) is 17.3 Å². The van der Waals surface area contributed by atoms with E-state index < -0.39 is 16.1 Å². The van der Waals surface area contributed by atoms with Crippen molar-refractivity contribution in [2.45, 2.75) is 18.2 Å². The van der Waals surface area contributed by atoms with Crippen molar-refractivity contribution in [2.24, 2.45) is 0 Å². The number of hydrogen-bond acceptors (Lipinski definition) is 4. The van der Waals surface area contributed by atoms with Crippen LogP contribution in [0.3, 0.4) is 0 Å². The first-order valence-electron chi connectivity index (χ1n) is 8.08. The highest BCUT2D eigenvalue weighted by Crippen LogP contribution is 2.24. The monoisotopic (exact) mass is 394 g/mol. The molecule has 3 rings (SSSR count). The van der Waals surface area contributed by atoms with Crippen LogP contribution in [0.5, 0.6) is 5.75 Å². The zero-order valence-electron chi connectivity index (χ0n) is 14.2. The van der Waals surface area contributed by atoms with Gasteiger partial charge in [-0.15, -0.1) is 0 Å². The van der Waals surface area contributed by atoms with Crippen LogP contribution >= 0.6 is 11.6 Å². The standard InChI is InChI=1S/C18H19ClN2O4S/c1-25-16-7-5-15(6-8-16)21-10-9-17(18(21)22)20-26(23,24)12-13-3-2-4-14(19)11-13/h2-8,11,17,20H,9-10,12H2,1H3/t17-/m1/s1. The molecule has 8 heteroatoms. The summed E-state index contributed by atoms with van der Waals surface area (Å²) in [6.07, 6.45) is 0.416. The summed E-state index contributed by atoms with van der Waals surface area (Å²) in [5, 5.41) is 0.473. The summed E-state index contributed by atoms with van der Waals surface area (Å²) >= 11 is 5.89. The van der Waals surface area contributed by atoms with Gasteiger partial charge in [0.1, 0.15) is 11.8 Å². The van der Waals surface area contributed by atoms with Crippen LogP contribution in [0.15, 0.2) is 48.5 Å². The predicted molar refractivity (Wildman–Crippen MR) is 101 cm³/mol. The Morgan fingerprint density at radius 2 is 1.96 bits per heavy atom. The van der Waals surface area contributed by atoms with Crippen LogP contribution in [-0.4, -0.2) is 34.0 Å². The molecule has 0 radical (unpaired) electrons. The minimum atomic E-state index is -3.66. The quantitative estimate of drug-likeness (QED) is 0.817. The van der Waals surface area contributed by atoms with Gasteiger partial charge in [0.05, 0.1) is 12.9 Å². The van der Waals surface area contributed by atoms with Crippen molar-refractivity contribution in [3.63, 3.8) is 0 Å². The van der Waals surface area contributed by atoms with Gasteiger partial charge < -0.3 is 9.64 Å². The highest BCUT2D eigenvalue weighted by atomic mass is 35.5. The van der Waals surface area contributed by atoms with E-state index in [1.807, 2.05) is 0 Å². The lowest BCUT2D eigenvalue weighted by Gasteiger charge is -2.17. The van der Waals surface area contributed by atoms with Crippen LogP contribution in [-0.2, 0) is 20.6 Å². The maximum atomic E-state index is 12.6. The Morgan fingerprint density at radius 3 is 2.62 bits per heavy atom. The summed E-state index contributed by atoms with van der Waals surface area (Å²) in [6.45, 7) is 0.454. The lowest BCUT2D eigenvalue weighted by molar-refractivity contribution is -0.118. The third-order valence-corrected chi connectivity index (χ3v) is 5.75. The van der Waals surface area contributed by atoms with E-state index in [1.165, 1.54) is 0 Å². The Kier molecular flexibility index (Phi) is 5.50. The SMILES string of the molecule is COc1ccc(N2CC[C@@H](NS(=O)(=O)Cc3cccc(Cl)c3)C2=O)cc1. The number of sulfonamides is 1. The predicted octanol–water partition coefficient (Wildman–Crippen LogP) is 2.57. The third-order valence-electron chi connectivity index (χ3n) is 4.16. The lowest BCUT2D eigenvalue weighted by Crippen LogP contribution is -2.41. The normalized spacial score (nSPS) is 17.5. The molecule has 1 saturated heterocycles. The Hall–Kier alpha value is -2.09. The summed E-state index contributed by atoms with van der Waals surface area (Å²) in [4.78, 5) is 14.2. The molecule has 138 valence electrons. The number of nitrogens with zero attached hydrogens (tertiary/aromatic N) is 1. The van der Waals surface area contributed by atoms with Crippen LogP contribution in [0.25, 0.3) is 0 Å². The fourth-order valence-corrected chi connectivity index (χ4v) is 4.48. The van der Waals surface area contributed by atoms with Gasteiger partial charge in [-0.2, -0.15) is 0 Å². The number of anilines is 1. The minimum Gasteiger partial charge on any atom is -0.497 e. The smallest absolute Gasteiger partial charge is 0.245 e. The molecule has 0 aromatic heterocycles. The second-order valence-electron chi connectivity index (χ2n) is 6.04. The Balaban J connectivity index is 1.67. The van der Waals surface area contributed by atoms with E-state index in [0.29, 0.717) is 35.0 Å². The fourth-order valence-electron chi connectivity index (χ4n) is 2.91. The second kappa shape index (κ2) is 7.65. The molecule has 1 aliphatic rings. The molecule has 6 nitrogen and oxygen atoms in total. The van der Waals surface area contributed by atoms with Crippen molar-refractivity contribution >= 4 is 33.2 Å². The van der Waals surface area contributed by atoms with Crippen molar-refractivity contribution in [3.05, 3.63) is 59.1 Å². The molecule has 1 heterocycles. The zero-order chi connectivity index (χ0) is 18.7. The van der Waals surface area contributed by atoms with Gasteiger partial charge in [0.15, 0.2) is 0 Å². The van der Waals surface area contributed by atoms with E-state index in [9.17, 15) is 13.2 Å². The molecule has 1 N–H and O–H groups in total. The molecule has 0 bridgehead atoms. The molecule has 1 amide bonds. The van der Waals surface area contributed by atoms with Crippen molar-refractivity contribution in [1.29, 1.82) is 0 Å². The number of rotatable bonds is 6. The van der Waals surface area contributed by atoms with Crippen molar-refractivity contribution in [2.75, 3.05) is 18.6 Å². The summed E-state index contributed by atoms with van der Waals surface area (Å²) in [6, 6.07) is 13.0. The molecular formula is C18H19ClN2O4S. The maximum Gasteiger partial charge on any atom is 0.245 e. The van der Waals surface area contributed by atoms with E-state index in [-0.39, 0.29) is 11.7 Å². The number of carbonyl (C=O) groups excluding carboxylic acids is 1. The summed E-state index contributed by atoms with van der Waals surface area (Å²) in [5.41, 5.74) is 1.29. The molecule has 1 atom stereocenters. The molecule has 1 fully saturated rings. The van der Waals surface area contributed by atoms with Crippen LogP contribution in [0.4, 0.5) is 5.69 Å². The lowest BCUT2D eigenvalue weighted by atomic mass is 10.2. The van der Waals surface area contributed by atoms with Crippen LogP contribution in [0, 0.1) is 0 Å². The Labute approximate surface area is 157 Å². The molecule has 26 heavy (non-hydrogen) atoms. The molecule has 0 unspecified atom stereocenters. The Bertz CT molecular complexity index is 900. The van der Waals surface area contributed by atoms with Crippen LogP contribution in [0.2, 0.25) is 5.02 Å². The van der Waals surface area contributed by atoms with Gasteiger partial charge in [0.2, 0.25) is 15.9 Å². The third kappa shape index (κ3) is 4.35. The first-order chi connectivity index (χ1) is 12.4. The summed E-state index contributed by atoms with van der Waals surface area (Å²) < 4.78 is 32.4. The highest BCUT2D eigenvalue weighted by molar-refractivity contribution is 7.88. The van der Waals surface area contributed by atoms with E-state index in [4.69, 9.17) is 16.3 Å². The number of hydrogen-bond donors (Lipinski definition) is 1. The Morgan fingerprint density at radius 1 is 1.23 bits per heavy atom. The average molecular weight is 395 g/mol. The molecule has 0 spiro atoms. The molecule has 0 aliphatic carbocycles. The van der Waals surface area contributed by atoms with Gasteiger partial charge in [-0.25, -0.2) is 13.1 Å². The molecule has 2 aromatic rings. The number of carbonyl (C=O) groups is 1. The van der Waals surface area contributed by atoms with Crippen LogP contribution in [0.1, 0.15) is 12.0 Å². The molecule has 0 saturated carbocycles. The topological polar surface area (TPSA) is 75.7 Å². The van der Waals surface area contributed by atoms with Gasteiger partial charge in [0.25, 0.3) is 0 Å². The van der Waals surface area contributed by atoms with E-state index in [2.05, 4.69) is 4.72 Å². The molecular weight excluding hydrogens is 376 g/mol. The largest absolute Gasteiger partial charge is 0.497 e. The zero-order valence-corrected chi connectivity index (χ0v) is 15.8. The maximum absolute atomic E-state index is 12.6. The second-order valence-corrected chi connectivity index (χ2v) is 8.23. The fraction of sp³-hybridized carbons (Fsp3) is 0.278. The van der Waals surface area contributed by atoms with Gasteiger partial charge >= 0.3 is 0 Å². The summed E-state index contributed by atoms with van der Waals surface area (Å²) in [7, 11) is -2.09. The number of nitrogens with one attached hydrogen (secondary N) is 1. The number of amides is 1. The van der Waals surface area contributed by atoms with Crippen LogP contribution < -0.4 is 14.4 Å². The highest BCUT2D eigenvalue weighted by Gasteiger charge is 2.35. The first kappa shape index (κ1) is 18.7. The minimum absolute atomic E-state index is 0.222. The van der Waals surface area contributed by atoms with Crippen molar-refractivity contribution < 1.29 is 17.9 Å². The van der Waals surface area contributed by atoms with Gasteiger partial charge in [-0.3, -0.25) is 4.79 Å². The van der Waals surface area contributed by atoms with Gasteiger partial charge in [-0.05, 0) is 48.4 Å². The first-order valence-corrected chi connectivity index (χ1v) is 10.1.